The van der Waals surface area contributed by atoms with Crippen LogP contribution in [0.25, 0.3) is 0 Å². The maximum absolute atomic E-state index is 11.9. The van der Waals surface area contributed by atoms with E-state index in [0.717, 1.165) is 19.4 Å². The van der Waals surface area contributed by atoms with Crippen molar-refractivity contribution in [2.75, 3.05) is 18.5 Å². The van der Waals surface area contributed by atoms with Crippen molar-refractivity contribution < 1.29 is 9.53 Å². The minimum atomic E-state index is -0.446. The van der Waals surface area contributed by atoms with Crippen LogP contribution in [0.3, 0.4) is 0 Å². The molecule has 0 unspecified atom stereocenters. The predicted octanol–water partition coefficient (Wildman–Crippen LogP) is 4.74. The van der Waals surface area contributed by atoms with Crippen molar-refractivity contribution in [3.63, 3.8) is 0 Å². The van der Waals surface area contributed by atoms with Crippen LogP contribution >= 0.6 is 23.8 Å². The molecule has 2 N–H and O–H groups in total. The number of thiocarbonyl (C=S) groups is 1. The van der Waals surface area contributed by atoms with E-state index in [1.165, 1.54) is 11.1 Å². The number of aryl methyl sites for hydroxylation is 2. The molecule has 0 fully saturated rings. The third-order valence-electron chi connectivity index (χ3n) is 3.77. The molecule has 6 heteroatoms. The first-order valence-electron chi connectivity index (χ1n) is 8.56. The number of carbonyl (C=O) groups is 1. The molecule has 4 nitrogen and oxygen atoms in total. The summed E-state index contributed by atoms with van der Waals surface area (Å²) >= 11 is 11.4. The fourth-order valence-electron chi connectivity index (χ4n) is 2.39. The first-order chi connectivity index (χ1) is 12.5. The van der Waals surface area contributed by atoms with Crippen LogP contribution in [0.5, 0.6) is 0 Å². The van der Waals surface area contributed by atoms with Crippen molar-refractivity contribution in [2.24, 2.45) is 0 Å². The van der Waals surface area contributed by atoms with Crippen molar-refractivity contribution in [3.8, 4) is 0 Å². The maximum atomic E-state index is 11.9. The average molecular weight is 391 g/mol. The number of hydrogen-bond donors (Lipinski definition) is 2. The van der Waals surface area contributed by atoms with Crippen molar-refractivity contribution >= 4 is 40.6 Å². The summed E-state index contributed by atoms with van der Waals surface area (Å²) in [5, 5.41) is 7.10. The predicted molar refractivity (Wildman–Crippen MR) is 111 cm³/mol. The molecule has 0 atom stereocenters. The van der Waals surface area contributed by atoms with E-state index in [0.29, 0.717) is 28.0 Å². The smallest absolute Gasteiger partial charge is 0.339 e. The second kappa shape index (κ2) is 10.1. The van der Waals surface area contributed by atoms with Gasteiger partial charge in [-0.25, -0.2) is 4.79 Å². The fraction of sp³-hybridized carbons (Fsp3) is 0.300. The lowest BCUT2D eigenvalue weighted by atomic mass is 10.1. The molecule has 2 rings (SSSR count). The lowest BCUT2D eigenvalue weighted by Gasteiger charge is -2.12. The summed E-state index contributed by atoms with van der Waals surface area (Å²) in [4.78, 5) is 11.9. The Labute approximate surface area is 164 Å². The van der Waals surface area contributed by atoms with Crippen LogP contribution in [-0.4, -0.2) is 24.2 Å². The SMILES string of the molecule is CCOC(=O)c1cc(NC(=S)NCCCc2ccc(C)cc2)ccc1Cl. The molecule has 26 heavy (non-hydrogen) atoms. The van der Waals surface area contributed by atoms with Gasteiger partial charge in [0.25, 0.3) is 0 Å². The van der Waals surface area contributed by atoms with Gasteiger partial charge in [0.2, 0.25) is 0 Å². The van der Waals surface area contributed by atoms with Gasteiger partial charge in [-0.05, 0) is 62.7 Å². The maximum Gasteiger partial charge on any atom is 0.339 e. The summed E-state index contributed by atoms with van der Waals surface area (Å²) in [6, 6.07) is 13.6. The van der Waals surface area contributed by atoms with Gasteiger partial charge < -0.3 is 15.4 Å². The van der Waals surface area contributed by atoms with Gasteiger partial charge >= 0.3 is 5.97 Å². The van der Waals surface area contributed by atoms with Gasteiger partial charge in [-0.1, -0.05) is 41.4 Å². The van der Waals surface area contributed by atoms with Crippen LogP contribution in [0.1, 0.15) is 34.8 Å². The third-order valence-corrected chi connectivity index (χ3v) is 4.34. The summed E-state index contributed by atoms with van der Waals surface area (Å²) in [7, 11) is 0. The van der Waals surface area contributed by atoms with E-state index < -0.39 is 5.97 Å². The van der Waals surface area contributed by atoms with Crippen molar-refractivity contribution in [1.29, 1.82) is 0 Å². The zero-order valence-corrected chi connectivity index (χ0v) is 16.5. The number of halogens is 1. The third kappa shape index (κ3) is 6.32. The second-order valence-corrected chi connectivity index (χ2v) is 6.70. The molecule has 0 saturated heterocycles. The highest BCUT2D eigenvalue weighted by molar-refractivity contribution is 7.80. The number of ether oxygens (including phenoxy) is 1. The Morgan fingerprint density at radius 1 is 1.19 bits per heavy atom. The van der Waals surface area contributed by atoms with Crippen LogP contribution in [0.4, 0.5) is 5.69 Å². The summed E-state index contributed by atoms with van der Waals surface area (Å²) in [5.41, 5.74) is 3.59. The van der Waals surface area contributed by atoms with E-state index in [1.807, 2.05) is 0 Å². The highest BCUT2D eigenvalue weighted by Crippen LogP contribution is 2.21. The van der Waals surface area contributed by atoms with Gasteiger partial charge in [-0.15, -0.1) is 0 Å². The molecule has 0 bridgehead atoms. The summed E-state index contributed by atoms with van der Waals surface area (Å²) in [5.74, 6) is -0.446. The largest absolute Gasteiger partial charge is 0.462 e. The highest BCUT2D eigenvalue weighted by atomic mass is 35.5. The minimum absolute atomic E-state index is 0.299. The Bertz CT molecular complexity index is 763. The van der Waals surface area contributed by atoms with Gasteiger partial charge in [0, 0.05) is 12.2 Å². The zero-order chi connectivity index (χ0) is 18.9. The molecule has 2 aromatic carbocycles. The van der Waals surface area contributed by atoms with Crippen molar-refractivity contribution in [1.82, 2.24) is 5.32 Å². The standard InChI is InChI=1S/C20H23ClN2O2S/c1-3-25-19(24)17-13-16(10-11-18(17)21)23-20(26)22-12-4-5-15-8-6-14(2)7-9-15/h6-11,13H,3-5,12H2,1-2H3,(H2,22,23,26). The lowest BCUT2D eigenvalue weighted by molar-refractivity contribution is 0.0526. The molecule has 138 valence electrons. The van der Waals surface area contributed by atoms with Gasteiger partial charge in [0.15, 0.2) is 5.11 Å². The van der Waals surface area contributed by atoms with Crippen molar-refractivity contribution in [2.45, 2.75) is 26.7 Å². The lowest BCUT2D eigenvalue weighted by Crippen LogP contribution is -2.29. The minimum Gasteiger partial charge on any atom is -0.462 e. The Morgan fingerprint density at radius 2 is 1.92 bits per heavy atom. The monoisotopic (exact) mass is 390 g/mol. The summed E-state index contributed by atoms with van der Waals surface area (Å²) in [6.07, 6.45) is 1.96. The second-order valence-electron chi connectivity index (χ2n) is 5.89. The molecular weight excluding hydrogens is 368 g/mol. The Balaban J connectivity index is 1.81. The van der Waals surface area contributed by atoms with E-state index in [1.54, 1.807) is 25.1 Å². The van der Waals surface area contributed by atoms with Crippen LogP contribution in [0, 0.1) is 6.92 Å². The Hall–Kier alpha value is -2.11. The molecule has 0 aliphatic carbocycles. The molecule has 0 amide bonds. The first kappa shape index (κ1) is 20.2. The van der Waals surface area contributed by atoms with Crippen LogP contribution in [0.2, 0.25) is 5.02 Å². The molecule has 2 aromatic rings. The number of rotatable bonds is 7. The van der Waals surface area contributed by atoms with E-state index in [-0.39, 0.29) is 0 Å². The van der Waals surface area contributed by atoms with Crippen molar-refractivity contribution in [3.05, 3.63) is 64.2 Å². The fourth-order valence-corrected chi connectivity index (χ4v) is 2.81. The molecule has 0 spiro atoms. The number of benzene rings is 2. The molecule has 0 radical (unpaired) electrons. The highest BCUT2D eigenvalue weighted by Gasteiger charge is 2.12. The summed E-state index contributed by atoms with van der Waals surface area (Å²) in [6.45, 7) is 4.90. The van der Waals surface area contributed by atoms with E-state index >= 15 is 0 Å². The number of hydrogen-bond acceptors (Lipinski definition) is 3. The molecule has 0 saturated carbocycles. The number of nitrogens with one attached hydrogen (secondary N) is 2. The zero-order valence-electron chi connectivity index (χ0n) is 15.0. The van der Waals surface area contributed by atoms with Gasteiger partial charge in [0.05, 0.1) is 17.2 Å². The van der Waals surface area contributed by atoms with Gasteiger partial charge in [0.1, 0.15) is 0 Å². The molecular formula is C20H23ClN2O2S. The topological polar surface area (TPSA) is 50.4 Å². The first-order valence-corrected chi connectivity index (χ1v) is 9.35. The van der Waals surface area contributed by atoms with Gasteiger partial charge in [-0.3, -0.25) is 0 Å². The van der Waals surface area contributed by atoms with E-state index in [2.05, 4.69) is 41.8 Å². The van der Waals surface area contributed by atoms with E-state index in [4.69, 9.17) is 28.6 Å². The number of carbonyl (C=O) groups excluding carboxylic acids is 1. The average Bonchev–Trinajstić information content (AvgIpc) is 2.62. The molecule has 0 aliphatic heterocycles. The number of esters is 1. The van der Waals surface area contributed by atoms with E-state index in [9.17, 15) is 4.79 Å². The van der Waals surface area contributed by atoms with Crippen LogP contribution < -0.4 is 10.6 Å². The summed E-state index contributed by atoms with van der Waals surface area (Å²) < 4.78 is 5.00. The molecule has 0 aliphatic rings. The molecule has 0 aromatic heterocycles. The van der Waals surface area contributed by atoms with Crippen LogP contribution in [-0.2, 0) is 11.2 Å². The van der Waals surface area contributed by atoms with Crippen LogP contribution in [0.15, 0.2) is 42.5 Å². The Morgan fingerprint density at radius 3 is 2.62 bits per heavy atom. The Kier molecular flexibility index (Phi) is 7.88. The van der Waals surface area contributed by atoms with Gasteiger partial charge in [-0.2, -0.15) is 0 Å². The number of anilines is 1. The molecule has 0 heterocycles. The quantitative estimate of drug-likeness (QED) is 0.406. The normalized spacial score (nSPS) is 10.3.